The third-order valence-electron chi connectivity index (χ3n) is 4.91. The van der Waals surface area contributed by atoms with Gasteiger partial charge in [0.2, 0.25) is 0 Å². The first kappa shape index (κ1) is 21.1. The number of nitro groups is 1. The van der Waals surface area contributed by atoms with Gasteiger partial charge in [0.25, 0.3) is 15.7 Å². The zero-order chi connectivity index (χ0) is 22.9. The van der Waals surface area contributed by atoms with Crippen LogP contribution in [-0.4, -0.2) is 45.4 Å². The summed E-state index contributed by atoms with van der Waals surface area (Å²) >= 11 is 0. The summed E-state index contributed by atoms with van der Waals surface area (Å²) in [5.74, 6) is 0. The summed E-state index contributed by atoms with van der Waals surface area (Å²) in [4.78, 5) is 18.6. The summed E-state index contributed by atoms with van der Waals surface area (Å²) in [6, 6.07) is 11.2. The molecule has 0 spiro atoms. The zero-order valence-electron chi connectivity index (χ0n) is 17.2. The van der Waals surface area contributed by atoms with E-state index < -0.39 is 14.9 Å². The van der Waals surface area contributed by atoms with Crippen LogP contribution in [-0.2, 0) is 10.0 Å². The average Bonchev–Trinajstić information content (AvgIpc) is 3.20. The number of hydrazone groups is 1. The number of nitro benzene ring substituents is 1. The zero-order valence-corrected chi connectivity index (χ0v) is 18.0. The summed E-state index contributed by atoms with van der Waals surface area (Å²) in [6.45, 7) is 1.57. The first-order valence-corrected chi connectivity index (χ1v) is 10.9. The van der Waals surface area contributed by atoms with E-state index in [2.05, 4.69) is 15.1 Å². The van der Waals surface area contributed by atoms with E-state index in [1.807, 2.05) is 30.5 Å². The molecule has 0 N–H and O–H groups in total. The topological polar surface area (TPSA) is 123 Å². The molecule has 0 aliphatic rings. The Labute approximate surface area is 183 Å². The lowest BCUT2D eigenvalue weighted by Crippen LogP contribution is -2.23. The number of aromatic nitrogens is 3. The van der Waals surface area contributed by atoms with Crippen molar-refractivity contribution in [1.82, 2.24) is 18.8 Å². The lowest BCUT2D eigenvalue weighted by molar-refractivity contribution is -0.385. The van der Waals surface area contributed by atoms with E-state index in [1.165, 1.54) is 25.4 Å². The Hall–Kier alpha value is -4.12. The highest BCUT2D eigenvalue weighted by atomic mass is 32.2. The molecule has 10 nitrogen and oxygen atoms in total. The van der Waals surface area contributed by atoms with Crippen LogP contribution in [0.1, 0.15) is 11.3 Å². The van der Waals surface area contributed by atoms with E-state index in [9.17, 15) is 18.5 Å². The van der Waals surface area contributed by atoms with Crippen LogP contribution in [0.25, 0.3) is 16.8 Å². The van der Waals surface area contributed by atoms with Gasteiger partial charge in [0.05, 0.1) is 27.9 Å². The van der Waals surface area contributed by atoms with Crippen molar-refractivity contribution < 1.29 is 13.3 Å². The fourth-order valence-electron chi connectivity index (χ4n) is 3.14. The predicted molar refractivity (Wildman–Crippen MR) is 119 cm³/mol. The third kappa shape index (κ3) is 3.93. The number of aryl methyl sites for hydroxylation is 1. The third-order valence-corrected chi connectivity index (χ3v) is 6.69. The number of sulfonamides is 1. The monoisotopic (exact) mass is 450 g/mol. The minimum atomic E-state index is -4.09. The highest BCUT2D eigenvalue weighted by molar-refractivity contribution is 7.89. The van der Waals surface area contributed by atoms with Crippen molar-refractivity contribution in [1.29, 1.82) is 0 Å². The van der Waals surface area contributed by atoms with E-state index in [0.717, 1.165) is 21.6 Å². The van der Waals surface area contributed by atoms with Crippen molar-refractivity contribution in [2.45, 2.75) is 11.8 Å². The molecule has 0 unspecified atom stereocenters. The molecule has 4 aromatic rings. The molecule has 0 radical (unpaired) electrons. The van der Waals surface area contributed by atoms with Crippen molar-refractivity contribution >= 4 is 27.6 Å². The van der Waals surface area contributed by atoms with Crippen molar-refractivity contribution in [3.8, 4) is 11.1 Å². The molecule has 0 aliphatic heterocycles. The number of non-ortho nitro benzene ring substituents is 1. The number of rotatable bonds is 6. The van der Waals surface area contributed by atoms with Crippen LogP contribution in [0.2, 0.25) is 0 Å². The lowest BCUT2D eigenvalue weighted by atomic mass is 10.1. The minimum absolute atomic E-state index is 0.176. The molecule has 11 heteroatoms. The first-order valence-electron chi connectivity index (χ1n) is 9.43. The van der Waals surface area contributed by atoms with Gasteiger partial charge in [0, 0.05) is 37.8 Å². The van der Waals surface area contributed by atoms with Gasteiger partial charge in [-0.25, -0.2) is 4.98 Å². The van der Waals surface area contributed by atoms with E-state index >= 15 is 0 Å². The smallest absolute Gasteiger partial charge is 0.279 e. The van der Waals surface area contributed by atoms with E-state index in [0.29, 0.717) is 16.9 Å². The Balaban J connectivity index is 1.67. The normalized spacial score (nSPS) is 11.8. The van der Waals surface area contributed by atoms with Gasteiger partial charge in [-0.3, -0.25) is 19.5 Å². The molecule has 0 fully saturated rings. The highest BCUT2D eigenvalue weighted by Gasteiger charge is 2.24. The minimum Gasteiger partial charge on any atom is -0.298 e. The van der Waals surface area contributed by atoms with E-state index in [1.54, 1.807) is 29.9 Å². The maximum atomic E-state index is 13.0. The molecule has 0 aliphatic carbocycles. The highest BCUT2D eigenvalue weighted by Crippen LogP contribution is 2.24. The molecule has 0 saturated carbocycles. The largest absolute Gasteiger partial charge is 0.298 e. The second-order valence-electron chi connectivity index (χ2n) is 6.96. The molecular weight excluding hydrogens is 432 g/mol. The fourth-order valence-corrected chi connectivity index (χ4v) is 4.34. The average molecular weight is 450 g/mol. The van der Waals surface area contributed by atoms with Crippen LogP contribution < -0.4 is 0 Å². The SMILES string of the molecule is Cc1ccc([N+](=O)[O-])cc1S(=O)(=O)N(C)N=Cc1cnc2ccc(-c3ccncc3)cn12. The quantitative estimate of drug-likeness (QED) is 0.252. The van der Waals surface area contributed by atoms with Crippen molar-refractivity contribution in [3.63, 3.8) is 0 Å². The number of pyridine rings is 2. The van der Waals surface area contributed by atoms with Gasteiger partial charge in [-0.2, -0.15) is 17.9 Å². The molecular formula is C21H18N6O4S. The number of fused-ring (bicyclic) bond motifs is 1. The van der Waals surface area contributed by atoms with Gasteiger partial charge in [0.1, 0.15) is 5.65 Å². The van der Waals surface area contributed by atoms with Crippen LogP contribution in [0, 0.1) is 17.0 Å². The van der Waals surface area contributed by atoms with Crippen LogP contribution in [0.3, 0.4) is 0 Å². The maximum absolute atomic E-state index is 13.0. The van der Waals surface area contributed by atoms with Gasteiger partial charge in [-0.15, -0.1) is 0 Å². The molecule has 0 atom stereocenters. The molecule has 1 aromatic carbocycles. The van der Waals surface area contributed by atoms with Crippen molar-refractivity contribution in [2.75, 3.05) is 7.05 Å². The van der Waals surface area contributed by atoms with Gasteiger partial charge in [0.15, 0.2) is 0 Å². The second-order valence-corrected chi connectivity index (χ2v) is 8.87. The van der Waals surface area contributed by atoms with Gasteiger partial charge >= 0.3 is 0 Å². The Morgan fingerprint density at radius 3 is 2.59 bits per heavy atom. The Morgan fingerprint density at radius 1 is 1.12 bits per heavy atom. The molecule has 0 saturated heterocycles. The predicted octanol–water partition coefficient (Wildman–Crippen LogP) is 3.27. The summed E-state index contributed by atoms with van der Waals surface area (Å²) in [5.41, 5.74) is 3.21. The maximum Gasteiger partial charge on any atom is 0.279 e. The van der Waals surface area contributed by atoms with Crippen LogP contribution in [0.15, 0.2) is 77.2 Å². The Bertz CT molecular complexity index is 1450. The number of nitrogens with zero attached hydrogens (tertiary/aromatic N) is 6. The standard InChI is InChI=1S/C21H18N6O4S/c1-15-3-5-18(27(28)29)11-20(15)32(30,31)25(2)24-13-19-12-23-21-6-4-17(14-26(19)21)16-7-9-22-10-8-16/h3-14H,1-2H3. The van der Waals surface area contributed by atoms with Gasteiger partial charge in [-0.05, 0) is 47.9 Å². The summed E-state index contributed by atoms with van der Waals surface area (Å²) in [7, 11) is -2.82. The molecule has 32 heavy (non-hydrogen) atoms. The lowest BCUT2D eigenvalue weighted by Gasteiger charge is -2.15. The van der Waals surface area contributed by atoms with Gasteiger partial charge < -0.3 is 0 Å². The van der Waals surface area contributed by atoms with Crippen molar-refractivity contribution in [3.05, 3.63) is 88.6 Å². The Morgan fingerprint density at radius 2 is 1.88 bits per heavy atom. The van der Waals surface area contributed by atoms with Crippen LogP contribution in [0.5, 0.6) is 0 Å². The molecule has 3 heterocycles. The van der Waals surface area contributed by atoms with Gasteiger partial charge in [-0.1, -0.05) is 6.07 Å². The second kappa shape index (κ2) is 8.19. The number of imidazole rings is 1. The molecule has 3 aromatic heterocycles. The first-order chi connectivity index (χ1) is 15.3. The summed E-state index contributed by atoms with van der Waals surface area (Å²) in [6.07, 6.45) is 8.23. The Kier molecular flexibility index (Phi) is 5.41. The number of hydrogen-bond acceptors (Lipinski definition) is 7. The summed E-state index contributed by atoms with van der Waals surface area (Å²) < 4.78 is 28.5. The van der Waals surface area contributed by atoms with Crippen LogP contribution >= 0.6 is 0 Å². The number of benzene rings is 1. The molecule has 0 bridgehead atoms. The van der Waals surface area contributed by atoms with Crippen LogP contribution in [0.4, 0.5) is 5.69 Å². The molecule has 162 valence electrons. The van der Waals surface area contributed by atoms with E-state index in [4.69, 9.17) is 0 Å². The molecule has 4 rings (SSSR count). The number of hydrogen-bond donors (Lipinski definition) is 0. The fraction of sp³-hybridized carbons (Fsp3) is 0.0952. The molecule has 0 amide bonds. The van der Waals surface area contributed by atoms with Crippen molar-refractivity contribution in [2.24, 2.45) is 5.10 Å². The summed E-state index contributed by atoms with van der Waals surface area (Å²) in [5, 5.41) is 15.1. The van der Waals surface area contributed by atoms with E-state index in [-0.39, 0.29) is 10.6 Å².